The van der Waals surface area contributed by atoms with Gasteiger partial charge in [0.1, 0.15) is 5.52 Å². The molecule has 35 heavy (non-hydrogen) atoms. The number of amides is 2. The van der Waals surface area contributed by atoms with Crippen LogP contribution in [0.4, 0.5) is 22.0 Å². The van der Waals surface area contributed by atoms with E-state index in [0.29, 0.717) is 34.0 Å². The molecule has 2 aromatic heterocycles. The highest BCUT2D eigenvalue weighted by Crippen LogP contribution is 2.31. The predicted molar refractivity (Wildman–Crippen MR) is 135 cm³/mol. The Bertz CT molecular complexity index is 1450. The molecule has 0 bridgehead atoms. The highest BCUT2D eigenvalue weighted by atomic mass is 16.5. The number of pyridine rings is 1. The maximum absolute atomic E-state index is 13.3. The zero-order chi connectivity index (χ0) is 24.2. The lowest BCUT2D eigenvalue weighted by molar-refractivity contribution is 0.259. The standard InChI is InChI=1S/C27H21N5O3/c1-35-24-16-18(12-15-23(24)33)21-13-14-22-26(29-21)30-25(17-28-22)31-27(34)32(19-8-4-2-5-9-19)20-10-6-3-7-11-20/h2-17,33H,1H3,(H,29,30,31,34). The van der Waals surface area contributed by atoms with E-state index in [-0.39, 0.29) is 17.6 Å². The number of nitrogens with one attached hydrogen (secondary N) is 1. The Morgan fingerprint density at radius 1 is 0.886 bits per heavy atom. The van der Waals surface area contributed by atoms with Crippen molar-refractivity contribution in [2.75, 3.05) is 17.3 Å². The number of fused-ring (bicyclic) bond motifs is 1. The number of hydrogen-bond donors (Lipinski definition) is 2. The molecule has 0 aliphatic carbocycles. The molecule has 172 valence electrons. The van der Waals surface area contributed by atoms with Crippen LogP contribution in [0, 0.1) is 0 Å². The van der Waals surface area contributed by atoms with Crippen LogP contribution in [-0.2, 0) is 0 Å². The molecule has 0 unspecified atom stereocenters. The van der Waals surface area contributed by atoms with Gasteiger partial charge < -0.3 is 9.84 Å². The van der Waals surface area contributed by atoms with Gasteiger partial charge in [0.25, 0.3) is 0 Å². The second-order valence-corrected chi connectivity index (χ2v) is 7.62. The fraction of sp³-hybridized carbons (Fsp3) is 0.0370. The smallest absolute Gasteiger partial charge is 0.332 e. The van der Waals surface area contributed by atoms with Crippen LogP contribution in [0.3, 0.4) is 0 Å². The molecule has 8 nitrogen and oxygen atoms in total. The molecular formula is C27H21N5O3. The van der Waals surface area contributed by atoms with Crippen molar-refractivity contribution in [2.45, 2.75) is 0 Å². The second-order valence-electron chi connectivity index (χ2n) is 7.62. The third-order valence-corrected chi connectivity index (χ3v) is 5.35. The number of benzene rings is 3. The van der Waals surface area contributed by atoms with Crippen molar-refractivity contribution in [1.82, 2.24) is 15.0 Å². The average Bonchev–Trinajstić information content (AvgIpc) is 2.90. The number of nitrogens with zero attached hydrogens (tertiary/aromatic N) is 4. The Hall–Kier alpha value is -4.98. The number of aromatic hydroxyl groups is 1. The molecule has 2 N–H and O–H groups in total. The lowest BCUT2D eigenvalue weighted by Crippen LogP contribution is -2.31. The first kappa shape index (κ1) is 21.8. The Morgan fingerprint density at radius 3 is 2.23 bits per heavy atom. The van der Waals surface area contributed by atoms with Gasteiger partial charge in [-0.2, -0.15) is 0 Å². The minimum absolute atomic E-state index is 0.0446. The van der Waals surface area contributed by atoms with E-state index >= 15 is 0 Å². The molecule has 0 spiro atoms. The van der Waals surface area contributed by atoms with Crippen LogP contribution in [0.2, 0.25) is 0 Å². The molecule has 2 amide bonds. The van der Waals surface area contributed by atoms with Crippen LogP contribution in [0.25, 0.3) is 22.4 Å². The van der Waals surface area contributed by atoms with Gasteiger partial charge in [0.15, 0.2) is 23.0 Å². The molecule has 0 saturated carbocycles. The van der Waals surface area contributed by atoms with Gasteiger partial charge in [0.05, 0.1) is 30.4 Å². The van der Waals surface area contributed by atoms with Gasteiger partial charge >= 0.3 is 6.03 Å². The molecule has 0 radical (unpaired) electrons. The van der Waals surface area contributed by atoms with Crippen molar-refractivity contribution < 1.29 is 14.6 Å². The number of carbonyl (C=O) groups excluding carboxylic acids is 1. The number of phenols is 1. The summed E-state index contributed by atoms with van der Waals surface area (Å²) in [5, 5.41) is 12.7. The molecule has 5 aromatic rings. The summed E-state index contributed by atoms with van der Waals surface area (Å²) in [6.07, 6.45) is 1.50. The molecule has 5 rings (SSSR count). The molecule has 8 heteroatoms. The van der Waals surface area contributed by atoms with Gasteiger partial charge in [-0.3, -0.25) is 10.2 Å². The number of methoxy groups -OCH3 is 1. The van der Waals surface area contributed by atoms with Crippen molar-refractivity contribution >= 4 is 34.4 Å². The molecular weight excluding hydrogens is 442 g/mol. The van der Waals surface area contributed by atoms with Crippen molar-refractivity contribution in [1.29, 1.82) is 0 Å². The summed E-state index contributed by atoms with van der Waals surface area (Å²) in [4.78, 5) is 28.4. The second kappa shape index (κ2) is 9.48. The molecule has 0 fully saturated rings. The maximum atomic E-state index is 13.3. The van der Waals surface area contributed by atoms with Gasteiger partial charge in [-0.05, 0) is 54.6 Å². The van der Waals surface area contributed by atoms with Gasteiger partial charge in [0, 0.05) is 5.56 Å². The fourth-order valence-electron chi connectivity index (χ4n) is 3.66. The van der Waals surface area contributed by atoms with E-state index in [2.05, 4.69) is 20.3 Å². The number of urea groups is 1. The Labute approximate surface area is 201 Å². The van der Waals surface area contributed by atoms with E-state index in [1.807, 2.05) is 66.7 Å². The number of para-hydroxylation sites is 2. The zero-order valence-corrected chi connectivity index (χ0v) is 18.8. The number of ether oxygens (including phenoxy) is 1. The third kappa shape index (κ3) is 4.58. The lowest BCUT2D eigenvalue weighted by atomic mass is 10.1. The first-order valence-corrected chi connectivity index (χ1v) is 10.8. The Morgan fingerprint density at radius 2 is 1.57 bits per heavy atom. The molecule has 3 aromatic carbocycles. The molecule has 0 atom stereocenters. The first-order valence-electron chi connectivity index (χ1n) is 10.8. The van der Waals surface area contributed by atoms with E-state index in [9.17, 15) is 9.90 Å². The van der Waals surface area contributed by atoms with Crippen LogP contribution < -0.4 is 15.0 Å². The number of hydrogen-bond acceptors (Lipinski definition) is 6. The summed E-state index contributed by atoms with van der Waals surface area (Å²) in [5.41, 5.74) is 3.76. The van der Waals surface area contributed by atoms with Crippen molar-refractivity contribution in [2.24, 2.45) is 0 Å². The van der Waals surface area contributed by atoms with Crippen LogP contribution in [-0.4, -0.2) is 33.2 Å². The van der Waals surface area contributed by atoms with Crippen LogP contribution in [0.1, 0.15) is 0 Å². The molecule has 2 heterocycles. The van der Waals surface area contributed by atoms with E-state index in [1.54, 1.807) is 29.2 Å². The number of rotatable bonds is 5. The molecule has 0 aliphatic heterocycles. The number of anilines is 3. The summed E-state index contributed by atoms with van der Waals surface area (Å²) in [6.45, 7) is 0. The summed E-state index contributed by atoms with van der Waals surface area (Å²) in [7, 11) is 1.49. The largest absolute Gasteiger partial charge is 0.504 e. The molecule has 0 saturated heterocycles. The SMILES string of the molecule is COc1cc(-c2ccc3ncc(NC(=O)N(c4ccccc4)c4ccccc4)nc3n2)ccc1O. The highest BCUT2D eigenvalue weighted by Gasteiger charge is 2.19. The van der Waals surface area contributed by atoms with E-state index in [0.717, 1.165) is 5.56 Å². The Kier molecular flexibility index (Phi) is 5.92. The summed E-state index contributed by atoms with van der Waals surface area (Å²) in [6, 6.07) is 26.9. The lowest BCUT2D eigenvalue weighted by Gasteiger charge is -2.23. The van der Waals surface area contributed by atoms with Crippen LogP contribution in [0.5, 0.6) is 11.5 Å². The third-order valence-electron chi connectivity index (χ3n) is 5.35. The maximum Gasteiger partial charge on any atom is 0.332 e. The number of aromatic nitrogens is 3. The van der Waals surface area contributed by atoms with Crippen molar-refractivity contribution in [3.63, 3.8) is 0 Å². The summed E-state index contributed by atoms with van der Waals surface area (Å²) >= 11 is 0. The quantitative estimate of drug-likeness (QED) is 0.343. The minimum Gasteiger partial charge on any atom is -0.504 e. The van der Waals surface area contributed by atoms with Crippen molar-refractivity contribution in [3.8, 4) is 22.8 Å². The average molecular weight is 463 g/mol. The molecule has 0 aliphatic rings. The monoisotopic (exact) mass is 463 g/mol. The van der Waals surface area contributed by atoms with Gasteiger partial charge in [-0.25, -0.2) is 19.7 Å². The fourth-order valence-corrected chi connectivity index (χ4v) is 3.66. The van der Waals surface area contributed by atoms with E-state index in [1.165, 1.54) is 13.3 Å². The van der Waals surface area contributed by atoms with Gasteiger partial charge in [-0.1, -0.05) is 36.4 Å². The van der Waals surface area contributed by atoms with Gasteiger partial charge in [0.2, 0.25) is 0 Å². The summed E-state index contributed by atoms with van der Waals surface area (Å²) in [5.74, 6) is 0.661. The Balaban J connectivity index is 1.47. The van der Waals surface area contributed by atoms with Crippen LogP contribution >= 0.6 is 0 Å². The van der Waals surface area contributed by atoms with Crippen LogP contribution in [0.15, 0.2) is 97.2 Å². The van der Waals surface area contributed by atoms with E-state index in [4.69, 9.17) is 4.74 Å². The zero-order valence-electron chi connectivity index (χ0n) is 18.8. The summed E-state index contributed by atoms with van der Waals surface area (Å²) < 4.78 is 5.19. The van der Waals surface area contributed by atoms with Gasteiger partial charge in [-0.15, -0.1) is 0 Å². The minimum atomic E-state index is -0.379. The highest BCUT2D eigenvalue weighted by molar-refractivity contribution is 6.06. The number of carbonyl (C=O) groups is 1. The van der Waals surface area contributed by atoms with Crippen molar-refractivity contribution in [3.05, 3.63) is 97.2 Å². The first-order chi connectivity index (χ1) is 17.1. The van der Waals surface area contributed by atoms with E-state index < -0.39 is 0 Å². The predicted octanol–water partition coefficient (Wildman–Crippen LogP) is 5.78. The number of phenolic OH excluding ortho intramolecular Hbond substituents is 1. The normalized spacial score (nSPS) is 10.7. The topological polar surface area (TPSA) is 100 Å².